The quantitative estimate of drug-likeness (QED) is 0.769. The van der Waals surface area contributed by atoms with Crippen molar-refractivity contribution in [2.24, 2.45) is 5.92 Å². The third-order valence-corrected chi connectivity index (χ3v) is 4.97. The van der Waals surface area contributed by atoms with Crippen LogP contribution in [0.25, 0.3) is 0 Å². The van der Waals surface area contributed by atoms with Gasteiger partial charge in [0.1, 0.15) is 0 Å². The average Bonchev–Trinajstić information content (AvgIpc) is 2.35. The van der Waals surface area contributed by atoms with E-state index in [1.54, 1.807) is 26.0 Å². The highest BCUT2D eigenvalue weighted by molar-refractivity contribution is 7.89. The molecule has 0 aromatic heterocycles. The number of rotatable bonds is 8. The summed E-state index contributed by atoms with van der Waals surface area (Å²) in [6.07, 6.45) is 1.05. The summed E-state index contributed by atoms with van der Waals surface area (Å²) in [5.74, 6) is -0.430. The molecule has 22 heavy (non-hydrogen) atoms. The summed E-state index contributed by atoms with van der Waals surface area (Å²) in [6.45, 7) is 7.58. The monoisotopic (exact) mass is 327 g/mol. The van der Waals surface area contributed by atoms with Gasteiger partial charge in [-0.1, -0.05) is 26.0 Å². The Balaban J connectivity index is 2.83. The summed E-state index contributed by atoms with van der Waals surface area (Å²) in [4.78, 5) is 10.8. The lowest BCUT2D eigenvalue weighted by molar-refractivity contribution is -0.137. The number of hydrogen-bond acceptors (Lipinski definition) is 3. The fraction of sp³-hybridized carbons (Fsp3) is 0.562. The number of nitrogens with one attached hydrogen (secondary N) is 1. The van der Waals surface area contributed by atoms with E-state index in [0.717, 1.165) is 12.0 Å². The van der Waals surface area contributed by atoms with E-state index in [1.165, 1.54) is 0 Å². The van der Waals surface area contributed by atoms with Crippen LogP contribution in [0.3, 0.4) is 0 Å². The van der Waals surface area contributed by atoms with Crippen LogP contribution >= 0.6 is 0 Å². The molecule has 1 aromatic rings. The highest BCUT2D eigenvalue weighted by atomic mass is 32.2. The zero-order valence-electron chi connectivity index (χ0n) is 13.6. The Hall–Kier alpha value is -1.40. The van der Waals surface area contributed by atoms with E-state index in [2.05, 4.69) is 18.6 Å². The molecule has 0 aliphatic carbocycles. The number of carboxylic acid groups (broad SMARTS) is 1. The standard InChI is InChI=1S/C16H25NO4S/c1-12(2)11-13-5-7-14(8-6-13)22(20,21)17-16(3,4)10-9-15(18)19/h5-8,12,17H,9-11H2,1-4H3,(H,18,19). The Labute approximate surface area is 132 Å². The lowest BCUT2D eigenvalue weighted by Gasteiger charge is -2.25. The highest BCUT2D eigenvalue weighted by Gasteiger charge is 2.26. The topological polar surface area (TPSA) is 83.5 Å². The zero-order valence-corrected chi connectivity index (χ0v) is 14.4. The van der Waals surface area contributed by atoms with E-state index in [-0.39, 0.29) is 17.7 Å². The third-order valence-electron chi connectivity index (χ3n) is 3.25. The highest BCUT2D eigenvalue weighted by Crippen LogP contribution is 2.18. The molecular formula is C16H25NO4S. The first-order chi connectivity index (χ1) is 10.0. The van der Waals surface area contributed by atoms with Gasteiger partial charge in [0.15, 0.2) is 0 Å². The summed E-state index contributed by atoms with van der Waals surface area (Å²) in [7, 11) is -3.65. The summed E-state index contributed by atoms with van der Waals surface area (Å²) < 4.78 is 27.3. The van der Waals surface area contributed by atoms with Gasteiger partial charge in [0, 0.05) is 12.0 Å². The second-order valence-corrected chi connectivity index (χ2v) is 8.31. The van der Waals surface area contributed by atoms with Crippen molar-refractivity contribution in [3.63, 3.8) is 0 Å². The second kappa shape index (κ2) is 7.24. The fourth-order valence-corrected chi connectivity index (χ4v) is 3.61. The van der Waals surface area contributed by atoms with Gasteiger partial charge in [-0.3, -0.25) is 4.79 Å². The first-order valence-electron chi connectivity index (χ1n) is 7.36. The fourth-order valence-electron chi connectivity index (χ4n) is 2.17. The Morgan fingerprint density at radius 2 is 1.77 bits per heavy atom. The molecule has 5 nitrogen and oxygen atoms in total. The molecule has 1 rings (SSSR count). The van der Waals surface area contributed by atoms with Crippen molar-refractivity contribution in [3.8, 4) is 0 Å². The molecule has 1 aromatic carbocycles. The molecule has 0 amide bonds. The van der Waals surface area contributed by atoms with Gasteiger partial charge in [0.25, 0.3) is 0 Å². The molecule has 0 radical (unpaired) electrons. The Bertz CT molecular complexity index is 604. The van der Waals surface area contributed by atoms with Crippen molar-refractivity contribution in [1.82, 2.24) is 4.72 Å². The van der Waals surface area contributed by atoms with Gasteiger partial charge in [0.05, 0.1) is 4.90 Å². The molecule has 0 atom stereocenters. The number of benzene rings is 1. The molecule has 2 N–H and O–H groups in total. The van der Waals surface area contributed by atoms with Crippen molar-refractivity contribution < 1.29 is 18.3 Å². The molecule has 0 unspecified atom stereocenters. The first-order valence-corrected chi connectivity index (χ1v) is 8.85. The van der Waals surface area contributed by atoms with Crippen molar-refractivity contribution in [1.29, 1.82) is 0 Å². The lowest BCUT2D eigenvalue weighted by Crippen LogP contribution is -2.43. The Morgan fingerprint density at radius 1 is 1.23 bits per heavy atom. The van der Waals surface area contributed by atoms with E-state index >= 15 is 0 Å². The minimum atomic E-state index is -3.65. The summed E-state index contributed by atoms with van der Waals surface area (Å²) in [6, 6.07) is 6.82. The average molecular weight is 327 g/mol. The number of carboxylic acids is 1. The van der Waals surface area contributed by atoms with Gasteiger partial charge in [-0.2, -0.15) is 0 Å². The first kappa shape index (κ1) is 18.6. The number of aliphatic carboxylic acids is 1. The van der Waals surface area contributed by atoms with Gasteiger partial charge in [0.2, 0.25) is 10.0 Å². The molecule has 0 saturated heterocycles. The van der Waals surface area contributed by atoms with Gasteiger partial charge < -0.3 is 5.11 Å². The molecule has 124 valence electrons. The largest absolute Gasteiger partial charge is 0.481 e. The van der Waals surface area contributed by atoms with Crippen LogP contribution < -0.4 is 4.72 Å². The maximum absolute atomic E-state index is 12.4. The molecule has 0 spiro atoms. The minimum Gasteiger partial charge on any atom is -0.481 e. The molecule has 0 fully saturated rings. The molecule has 0 saturated carbocycles. The van der Waals surface area contributed by atoms with E-state index in [9.17, 15) is 13.2 Å². The summed E-state index contributed by atoms with van der Waals surface area (Å²) >= 11 is 0. The van der Waals surface area contributed by atoms with Crippen molar-refractivity contribution in [2.75, 3.05) is 0 Å². The summed E-state index contributed by atoms with van der Waals surface area (Å²) in [5.41, 5.74) is 0.285. The zero-order chi connectivity index (χ0) is 17.0. The van der Waals surface area contributed by atoms with Crippen molar-refractivity contribution in [3.05, 3.63) is 29.8 Å². The van der Waals surface area contributed by atoms with E-state index < -0.39 is 21.5 Å². The predicted molar refractivity (Wildman–Crippen MR) is 86.3 cm³/mol. The predicted octanol–water partition coefficient (Wildman–Crippen LogP) is 2.81. The summed E-state index contributed by atoms with van der Waals surface area (Å²) in [5, 5.41) is 8.72. The van der Waals surface area contributed by atoms with Gasteiger partial charge in [-0.05, 0) is 50.3 Å². The van der Waals surface area contributed by atoms with Gasteiger partial charge >= 0.3 is 5.97 Å². The second-order valence-electron chi connectivity index (χ2n) is 6.63. The van der Waals surface area contributed by atoms with Crippen LogP contribution in [0.2, 0.25) is 0 Å². The molecule has 0 aliphatic rings. The third kappa shape index (κ3) is 6.15. The van der Waals surface area contributed by atoms with Crippen LogP contribution in [-0.2, 0) is 21.2 Å². The lowest BCUT2D eigenvalue weighted by atomic mass is 10.0. The normalized spacial score (nSPS) is 12.6. The molecular weight excluding hydrogens is 302 g/mol. The van der Waals surface area contributed by atoms with E-state index in [0.29, 0.717) is 5.92 Å². The van der Waals surface area contributed by atoms with Crippen molar-refractivity contribution in [2.45, 2.75) is 57.4 Å². The van der Waals surface area contributed by atoms with Crippen LogP contribution in [0.1, 0.15) is 46.1 Å². The SMILES string of the molecule is CC(C)Cc1ccc(S(=O)(=O)NC(C)(C)CCC(=O)O)cc1. The van der Waals surface area contributed by atoms with Crippen LogP contribution in [-0.4, -0.2) is 25.0 Å². The van der Waals surface area contributed by atoms with Gasteiger partial charge in [-0.15, -0.1) is 0 Å². The van der Waals surface area contributed by atoms with Crippen LogP contribution in [0, 0.1) is 5.92 Å². The Morgan fingerprint density at radius 3 is 2.23 bits per heavy atom. The van der Waals surface area contributed by atoms with E-state index in [1.807, 2.05) is 12.1 Å². The van der Waals surface area contributed by atoms with Crippen LogP contribution in [0.4, 0.5) is 0 Å². The molecule has 6 heteroatoms. The van der Waals surface area contributed by atoms with Crippen LogP contribution in [0.5, 0.6) is 0 Å². The minimum absolute atomic E-state index is 0.0805. The number of sulfonamides is 1. The van der Waals surface area contributed by atoms with Gasteiger partial charge in [-0.25, -0.2) is 13.1 Å². The smallest absolute Gasteiger partial charge is 0.303 e. The van der Waals surface area contributed by atoms with Crippen LogP contribution in [0.15, 0.2) is 29.2 Å². The van der Waals surface area contributed by atoms with E-state index in [4.69, 9.17) is 5.11 Å². The Kier molecular flexibility index (Phi) is 6.14. The number of hydrogen-bond donors (Lipinski definition) is 2. The maximum Gasteiger partial charge on any atom is 0.303 e. The maximum atomic E-state index is 12.4. The number of carbonyl (C=O) groups is 1. The molecule has 0 heterocycles. The molecule has 0 bridgehead atoms. The molecule has 0 aliphatic heterocycles. The van der Waals surface area contributed by atoms with Crippen molar-refractivity contribution >= 4 is 16.0 Å².